The van der Waals surface area contributed by atoms with Crippen molar-refractivity contribution in [3.8, 4) is 0 Å². The lowest BCUT2D eigenvalue weighted by Crippen LogP contribution is -2.55. The molecule has 2 atom stereocenters. The first kappa shape index (κ1) is 16.9. The molecule has 0 bridgehead atoms. The molecule has 1 aliphatic rings. The largest absolute Gasteiger partial charge is 0.314 e. The summed E-state index contributed by atoms with van der Waals surface area (Å²) in [5, 5.41) is 7.20. The molecule has 19 heavy (non-hydrogen) atoms. The molecule has 114 valence electrons. The normalized spacial score (nSPS) is 28.9. The van der Waals surface area contributed by atoms with Crippen LogP contribution in [0.1, 0.15) is 53.4 Å². The van der Waals surface area contributed by atoms with Crippen molar-refractivity contribution in [2.45, 2.75) is 64.5 Å². The molecule has 3 heteroatoms. The summed E-state index contributed by atoms with van der Waals surface area (Å²) >= 11 is 0. The Morgan fingerprint density at radius 3 is 2.42 bits per heavy atom. The highest BCUT2D eigenvalue weighted by Crippen LogP contribution is 2.35. The monoisotopic (exact) mass is 269 g/mol. The van der Waals surface area contributed by atoms with E-state index in [1.54, 1.807) is 0 Å². The lowest BCUT2D eigenvalue weighted by molar-refractivity contribution is 0.0754. The van der Waals surface area contributed by atoms with E-state index in [1.165, 1.54) is 25.7 Å². The van der Waals surface area contributed by atoms with Crippen LogP contribution in [0.3, 0.4) is 0 Å². The first-order valence-electron chi connectivity index (χ1n) is 7.88. The van der Waals surface area contributed by atoms with Crippen LogP contribution >= 0.6 is 0 Å². The zero-order valence-electron chi connectivity index (χ0n) is 14.0. The van der Waals surface area contributed by atoms with Crippen LogP contribution in [0.5, 0.6) is 0 Å². The summed E-state index contributed by atoms with van der Waals surface area (Å²) < 4.78 is 0. The quantitative estimate of drug-likeness (QED) is 0.726. The summed E-state index contributed by atoms with van der Waals surface area (Å²) in [6.07, 6.45) is 5.45. The molecule has 0 radical (unpaired) electrons. The Bertz CT molecular complexity index is 257. The zero-order chi connectivity index (χ0) is 14.5. The number of likely N-dealkylation sites (N-methyl/N-ethyl adjacent to an activating group) is 1. The Hall–Kier alpha value is -0.120. The van der Waals surface area contributed by atoms with Gasteiger partial charge in [0.2, 0.25) is 0 Å². The molecule has 2 N–H and O–H groups in total. The van der Waals surface area contributed by atoms with Gasteiger partial charge < -0.3 is 15.5 Å². The van der Waals surface area contributed by atoms with Gasteiger partial charge in [-0.05, 0) is 53.6 Å². The Morgan fingerprint density at radius 1 is 1.21 bits per heavy atom. The number of hydrogen-bond donors (Lipinski definition) is 2. The van der Waals surface area contributed by atoms with Gasteiger partial charge in [-0.25, -0.2) is 0 Å². The zero-order valence-corrected chi connectivity index (χ0v) is 14.0. The molecule has 0 saturated heterocycles. The van der Waals surface area contributed by atoms with E-state index in [-0.39, 0.29) is 5.54 Å². The third kappa shape index (κ3) is 5.80. The standard InChI is InChI=1S/C16H35N3/c1-14-8-7-9-16(12-14,19(5)6)13-17-10-11-18-15(2,3)4/h14,17-18H,7-13H2,1-6H3. The molecule has 3 nitrogen and oxygen atoms in total. The molecular weight excluding hydrogens is 234 g/mol. The average molecular weight is 269 g/mol. The third-order valence-corrected chi connectivity index (χ3v) is 4.43. The fourth-order valence-electron chi connectivity index (χ4n) is 3.20. The van der Waals surface area contributed by atoms with Gasteiger partial charge in [-0.3, -0.25) is 0 Å². The predicted octanol–water partition coefficient (Wildman–Crippen LogP) is 2.47. The topological polar surface area (TPSA) is 27.3 Å². The lowest BCUT2D eigenvalue weighted by atomic mass is 9.75. The number of nitrogens with zero attached hydrogens (tertiary/aromatic N) is 1. The van der Waals surface area contributed by atoms with Gasteiger partial charge in [0, 0.05) is 30.7 Å². The summed E-state index contributed by atoms with van der Waals surface area (Å²) in [5.41, 5.74) is 0.597. The first-order valence-corrected chi connectivity index (χ1v) is 7.88. The van der Waals surface area contributed by atoms with Crippen LogP contribution in [0.4, 0.5) is 0 Å². The lowest BCUT2D eigenvalue weighted by Gasteiger charge is -2.45. The Kier molecular flexibility index (Phi) is 6.28. The molecule has 0 aromatic heterocycles. The van der Waals surface area contributed by atoms with Crippen LogP contribution < -0.4 is 10.6 Å². The van der Waals surface area contributed by atoms with Gasteiger partial charge in [-0.1, -0.05) is 19.8 Å². The molecule has 1 rings (SSSR count). The highest BCUT2D eigenvalue weighted by Gasteiger charge is 2.36. The second-order valence-corrected chi connectivity index (χ2v) is 7.67. The fourth-order valence-corrected chi connectivity index (χ4v) is 3.20. The van der Waals surface area contributed by atoms with E-state index in [9.17, 15) is 0 Å². The molecule has 0 amide bonds. The van der Waals surface area contributed by atoms with E-state index in [0.717, 1.165) is 25.6 Å². The summed E-state index contributed by atoms with van der Waals surface area (Å²) in [7, 11) is 4.49. The van der Waals surface area contributed by atoms with Crippen molar-refractivity contribution in [1.29, 1.82) is 0 Å². The maximum absolute atomic E-state index is 3.67. The van der Waals surface area contributed by atoms with Crippen LogP contribution in [0.15, 0.2) is 0 Å². The molecule has 2 unspecified atom stereocenters. The molecule has 0 heterocycles. The summed E-state index contributed by atoms with van der Waals surface area (Å²) in [6, 6.07) is 0. The van der Waals surface area contributed by atoms with E-state index in [1.807, 2.05) is 0 Å². The van der Waals surface area contributed by atoms with Gasteiger partial charge in [0.25, 0.3) is 0 Å². The Balaban J connectivity index is 2.34. The van der Waals surface area contributed by atoms with Crippen molar-refractivity contribution in [3.63, 3.8) is 0 Å². The van der Waals surface area contributed by atoms with Crippen LogP contribution in [0, 0.1) is 5.92 Å². The minimum Gasteiger partial charge on any atom is -0.314 e. The van der Waals surface area contributed by atoms with Crippen LogP contribution in [0.25, 0.3) is 0 Å². The van der Waals surface area contributed by atoms with Crippen molar-refractivity contribution in [2.24, 2.45) is 5.92 Å². The molecule has 0 aromatic rings. The van der Waals surface area contributed by atoms with E-state index in [4.69, 9.17) is 0 Å². The minimum atomic E-state index is 0.222. The van der Waals surface area contributed by atoms with Crippen molar-refractivity contribution < 1.29 is 0 Å². The van der Waals surface area contributed by atoms with E-state index < -0.39 is 0 Å². The second kappa shape index (κ2) is 7.05. The van der Waals surface area contributed by atoms with Crippen molar-refractivity contribution in [1.82, 2.24) is 15.5 Å². The molecule has 0 aromatic carbocycles. The minimum absolute atomic E-state index is 0.222. The van der Waals surface area contributed by atoms with Crippen LogP contribution in [0.2, 0.25) is 0 Å². The summed E-state index contributed by atoms with van der Waals surface area (Å²) in [5.74, 6) is 0.866. The smallest absolute Gasteiger partial charge is 0.0330 e. The predicted molar refractivity (Wildman–Crippen MR) is 84.7 cm³/mol. The maximum Gasteiger partial charge on any atom is 0.0330 e. The molecule has 1 aliphatic carbocycles. The van der Waals surface area contributed by atoms with Crippen LogP contribution in [-0.4, -0.2) is 49.7 Å². The first-order chi connectivity index (χ1) is 8.75. The highest BCUT2D eigenvalue weighted by molar-refractivity contribution is 4.94. The van der Waals surface area contributed by atoms with E-state index in [0.29, 0.717) is 5.54 Å². The Labute approximate surface area is 120 Å². The third-order valence-electron chi connectivity index (χ3n) is 4.43. The SMILES string of the molecule is CC1CCCC(CNCCNC(C)(C)C)(N(C)C)C1. The molecule has 1 saturated carbocycles. The fraction of sp³-hybridized carbons (Fsp3) is 1.00. The number of nitrogens with one attached hydrogen (secondary N) is 2. The van der Waals surface area contributed by atoms with Gasteiger partial charge >= 0.3 is 0 Å². The van der Waals surface area contributed by atoms with Crippen molar-refractivity contribution in [2.75, 3.05) is 33.7 Å². The number of rotatable bonds is 6. The highest BCUT2D eigenvalue weighted by atomic mass is 15.2. The maximum atomic E-state index is 3.67. The van der Waals surface area contributed by atoms with E-state index in [2.05, 4.69) is 57.3 Å². The van der Waals surface area contributed by atoms with Gasteiger partial charge in [-0.15, -0.1) is 0 Å². The number of hydrogen-bond acceptors (Lipinski definition) is 3. The Morgan fingerprint density at radius 2 is 1.89 bits per heavy atom. The van der Waals surface area contributed by atoms with Gasteiger partial charge in [0.05, 0.1) is 0 Å². The van der Waals surface area contributed by atoms with Crippen molar-refractivity contribution >= 4 is 0 Å². The van der Waals surface area contributed by atoms with Gasteiger partial charge in [0.15, 0.2) is 0 Å². The van der Waals surface area contributed by atoms with Gasteiger partial charge in [0.1, 0.15) is 0 Å². The van der Waals surface area contributed by atoms with Crippen LogP contribution in [-0.2, 0) is 0 Å². The van der Waals surface area contributed by atoms with Gasteiger partial charge in [-0.2, -0.15) is 0 Å². The van der Waals surface area contributed by atoms with Crippen molar-refractivity contribution in [3.05, 3.63) is 0 Å². The molecule has 0 aliphatic heterocycles. The molecule has 1 fully saturated rings. The average Bonchev–Trinajstić information content (AvgIpc) is 2.26. The van der Waals surface area contributed by atoms with E-state index >= 15 is 0 Å². The molecule has 0 spiro atoms. The second-order valence-electron chi connectivity index (χ2n) is 7.67. The summed E-state index contributed by atoms with van der Waals surface area (Å²) in [6.45, 7) is 12.3. The molecular formula is C16H35N3. The summed E-state index contributed by atoms with van der Waals surface area (Å²) in [4.78, 5) is 2.45.